The monoisotopic (exact) mass is 517 g/mol. The van der Waals surface area contributed by atoms with Gasteiger partial charge in [-0.2, -0.15) is 0 Å². The Morgan fingerprint density at radius 1 is 1.03 bits per heavy atom. The van der Waals surface area contributed by atoms with Crippen molar-refractivity contribution >= 4 is 34.3 Å². The molecule has 0 fully saturated rings. The first-order valence-corrected chi connectivity index (χ1v) is 11.9. The van der Waals surface area contributed by atoms with Gasteiger partial charge in [0.2, 0.25) is 5.78 Å². The normalized spacial score (nSPS) is 15.5. The van der Waals surface area contributed by atoms with E-state index in [1.807, 2.05) is 49.4 Å². The van der Waals surface area contributed by atoms with E-state index >= 15 is 0 Å². The number of benzene rings is 3. The molecule has 3 aromatic carbocycles. The number of halogens is 1. The van der Waals surface area contributed by atoms with Crippen LogP contribution in [0.25, 0.3) is 11.0 Å². The third-order valence-corrected chi connectivity index (χ3v) is 6.65. The number of carbonyl (C=O) groups excluding carboxylic acids is 2. The molecule has 0 spiro atoms. The average molecular weight is 518 g/mol. The fraction of sp³-hybridized carbons (Fsp3) is 0.172. The van der Waals surface area contributed by atoms with Crippen molar-refractivity contribution in [1.29, 1.82) is 0 Å². The fourth-order valence-electron chi connectivity index (χ4n) is 4.73. The molecule has 0 bridgehead atoms. The van der Waals surface area contributed by atoms with Gasteiger partial charge in [0.15, 0.2) is 22.9 Å². The molecule has 4 aromatic rings. The molecule has 1 aromatic heterocycles. The van der Waals surface area contributed by atoms with Crippen molar-refractivity contribution in [1.82, 2.24) is 4.90 Å². The highest BCUT2D eigenvalue weighted by molar-refractivity contribution is 6.31. The Bertz CT molecular complexity index is 1570. The molecule has 1 amide bonds. The lowest BCUT2D eigenvalue weighted by Gasteiger charge is -2.27. The summed E-state index contributed by atoms with van der Waals surface area (Å²) in [7, 11) is 3.03. The van der Waals surface area contributed by atoms with Crippen molar-refractivity contribution in [2.75, 3.05) is 14.2 Å². The lowest BCUT2D eigenvalue weighted by atomic mass is 9.94. The smallest absolute Gasteiger partial charge is 0.290 e. The molecule has 8 heteroatoms. The number of aliphatic hydroxyl groups excluding tert-OH is 1. The maximum atomic E-state index is 13.9. The number of carbonyl (C=O) groups is 2. The van der Waals surface area contributed by atoms with Crippen LogP contribution in [0.5, 0.6) is 11.5 Å². The van der Waals surface area contributed by atoms with Crippen LogP contribution in [-0.2, 0) is 11.3 Å². The van der Waals surface area contributed by atoms with Gasteiger partial charge in [-0.1, -0.05) is 59.6 Å². The predicted molar refractivity (Wildman–Crippen MR) is 139 cm³/mol. The van der Waals surface area contributed by atoms with Gasteiger partial charge in [-0.15, -0.1) is 0 Å². The van der Waals surface area contributed by atoms with Gasteiger partial charge < -0.3 is 23.9 Å². The van der Waals surface area contributed by atoms with Gasteiger partial charge in [-0.05, 0) is 30.7 Å². The third kappa shape index (κ3) is 4.32. The summed E-state index contributed by atoms with van der Waals surface area (Å²) in [6, 6.07) is 18.7. The Hall–Kier alpha value is -4.23. The molecule has 1 atom stereocenters. The largest absolute Gasteiger partial charge is 0.503 e. The van der Waals surface area contributed by atoms with E-state index in [0.29, 0.717) is 33.1 Å². The van der Waals surface area contributed by atoms with Crippen LogP contribution in [-0.4, -0.2) is 35.9 Å². The molecule has 2 heterocycles. The molecule has 37 heavy (non-hydrogen) atoms. The highest BCUT2D eigenvalue weighted by Crippen LogP contribution is 2.42. The summed E-state index contributed by atoms with van der Waals surface area (Å²) in [5.41, 5.74) is 2.66. The maximum absolute atomic E-state index is 13.9. The van der Waals surface area contributed by atoms with Crippen LogP contribution in [0.3, 0.4) is 0 Å². The van der Waals surface area contributed by atoms with E-state index in [1.165, 1.54) is 18.1 Å². The number of nitrogens with zero attached hydrogens (tertiary/aromatic N) is 1. The third-order valence-electron chi connectivity index (χ3n) is 6.43. The van der Waals surface area contributed by atoms with E-state index in [0.717, 1.165) is 11.1 Å². The molecule has 1 N–H and O–H groups in total. The van der Waals surface area contributed by atoms with Gasteiger partial charge in [0.25, 0.3) is 5.91 Å². The average Bonchev–Trinajstić information content (AvgIpc) is 3.43. The minimum atomic E-state index is -0.844. The quantitative estimate of drug-likeness (QED) is 0.294. The standard InChI is InChI=1S/C29H24ClNO6/c1-16-7-6-9-17(11-16)25-24(26(32)22-13-19-12-20(30)14-23(36-3)28(19)37-22)27(33)29(34)31(25)15-18-8-4-5-10-21(18)35-2/h4-14,25,33H,15H2,1-3H3. The number of amides is 1. The first-order chi connectivity index (χ1) is 17.8. The van der Waals surface area contributed by atoms with E-state index in [-0.39, 0.29) is 17.9 Å². The van der Waals surface area contributed by atoms with Gasteiger partial charge in [0.05, 0.1) is 32.4 Å². The van der Waals surface area contributed by atoms with E-state index in [2.05, 4.69) is 0 Å². The summed E-state index contributed by atoms with van der Waals surface area (Å²) in [5.74, 6) is -0.945. The molecule has 0 saturated heterocycles. The minimum Gasteiger partial charge on any atom is -0.503 e. The SMILES string of the molecule is COc1ccccc1CN1C(=O)C(O)=C(C(=O)c2cc3cc(Cl)cc(OC)c3o2)C1c1cccc(C)c1. The molecule has 188 valence electrons. The number of fused-ring (bicyclic) bond motifs is 1. The van der Waals surface area contributed by atoms with Crippen LogP contribution in [0.15, 0.2) is 82.5 Å². The number of aliphatic hydroxyl groups is 1. The molecule has 0 saturated carbocycles. The van der Waals surface area contributed by atoms with Gasteiger partial charge in [-0.3, -0.25) is 9.59 Å². The summed E-state index contributed by atoms with van der Waals surface area (Å²) < 4.78 is 16.7. The fourth-order valence-corrected chi connectivity index (χ4v) is 4.95. The Morgan fingerprint density at radius 2 is 1.78 bits per heavy atom. The van der Waals surface area contributed by atoms with E-state index in [4.69, 9.17) is 25.5 Å². The van der Waals surface area contributed by atoms with Gasteiger partial charge in [0.1, 0.15) is 5.75 Å². The van der Waals surface area contributed by atoms with E-state index in [1.54, 1.807) is 25.3 Å². The van der Waals surface area contributed by atoms with Gasteiger partial charge in [0, 0.05) is 22.0 Å². The van der Waals surface area contributed by atoms with Crippen molar-refractivity contribution < 1.29 is 28.6 Å². The van der Waals surface area contributed by atoms with Crippen LogP contribution >= 0.6 is 11.6 Å². The topological polar surface area (TPSA) is 89.2 Å². The molecular formula is C29H24ClNO6. The Labute approximate surface area is 218 Å². The van der Waals surface area contributed by atoms with Crippen molar-refractivity contribution in [3.05, 3.63) is 106 Å². The summed E-state index contributed by atoms with van der Waals surface area (Å²) in [5, 5.41) is 12.0. The van der Waals surface area contributed by atoms with Crippen LogP contribution in [0.4, 0.5) is 0 Å². The van der Waals surface area contributed by atoms with Crippen molar-refractivity contribution in [2.45, 2.75) is 19.5 Å². The van der Waals surface area contributed by atoms with Crippen LogP contribution in [0.2, 0.25) is 5.02 Å². The first-order valence-electron chi connectivity index (χ1n) is 11.6. The van der Waals surface area contributed by atoms with Gasteiger partial charge >= 0.3 is 0 Å². The summed E-state index contributed by atoms with van der Waals surface area (Å²) in [6.07, 6.45) is 0. The lowest BCUT2D eigenvalue weighted by Crippen LogP contribution is -2.31. The molecule has 1 unspecified atom stereocenters. The van der Waals surface area contributed by atoms with Crippen LogP contribution in [0, 0.1) is 6.92 Å². The number of Topliss-reactive ketones (excluding diaryl/α,β-unsaturated/α-hetero) is 1. The Morgan fingerprint density at radius 3 is 2.51 bits per heavy atom. The molecule has 7 nitrogen and oxygen atoms in total. The molecule has 1 aliphatic heterocycles. The predicted octanol–water partition coefficient (Wildman–Crippen LogP) is 6.19. The summed E-state index contributed by atoms with van der Waals surface area (Å²) in [6.45, 7) is 2.04. The zero-order valence-corrected chi connectivity index (χ0v) is 21.2. The number of aryl methyl sites for hydroxylation is 1. The van der Waals surface area contributed by atoms with E-state index < -0.39 is 23.5 Å². The zero-order valence-electron chi connectivity index (χ0n) is 20.4. The highest BCUT2D eigenvalue weighted by Gasteiger charge is 2.45. The van der Waals surface area contributed by atoms with Crippen molar-refractivity contribution in [2.24, 2.45) is 0 Å². The number of rotatable bonds is 7. The minimum absolute atomic E-state index is 0.0401. The Balaban J connectivity index is 1.62. The molecular weight excluding hydrogens is 494 g/mol. The number of hydrogen-bond donors (Lipinski definition) is 1. The highest BCUT2D eigenvalue weighted by atomic mass is 35.5. The number of ether oxygens (including phenoxy) is 2. The number of furan rings is 1. The molecule has 0 aliphatic carbocycles. The zero-order chi connectivity index (χ0) is 26.3. The van der Waals surface area contributed by atoms with Crippen LogP contribution in [0.1, 0.15) is 33.3 Å². The summed E-state index contributed by atoms with van der Waals surface area (Å²) >= 11 is 6.18. The summed E-state index contributed by atoms with van der Waals surface area (Å²) in [4.78, 5) is 28.7. The first kappa shape index (κ1) is 24.5. The van der Waals surface area contributed by atoms with Gasteiger partial charge in [-0.25, -0.2) is 0 Å². The number of methoxy groups -OCH3 is 2. The molecule has 5 rings (SSSR count). The molecule has 1 aliphatic rings. The Kier molecular flexibility index (Phi) is 6.39. The lowest BCUT2D eigenvalue weighted by molar-refractivity contribution is -0.130. The number of para-hydroxylation sites is 1. The van der Waals surface area contributed by atoms with Crippen molar-refractivity contribution in [3.8, 4) is 11.5 Å². The number of ketones is 1. The molecule has 0 radical (unpaired) electrons. The number of hydrogen-bond acceptors (Lipinski definition) is 6. The van der Waals surface area contributed by atoms with E-state index in [9.17, 15) is 14.7 Å². The second-order valence-corrected chi connectivity index (χ2v) is 9.23. The second-order valence-electron chi connectivity index (χ2n) is 8.79. The van der Waals surface area contributed by atoms with Crippen LogP contribution < -0.4 is 9.47 Å². The maximum Gasteiger partial charge on any atom is 0.290 e. The van der Waals surface area contributed by atoms with Crippen molar-refractivity contribution in [3.63, 3.8) is 0 Å². The second kappa shape index (κ2) is 9.67.